The van der Waals surface area contributed by atoms with Crippen molar-refractivity contribution >= 4 is 39.7 Å². The summed E-state index contributed by atoms with van der Waals surface area (Å²) in [5.74, 6) is 0.360. The molecule has 0 bridgehead atoms. The third-order valence-corrected chi connectivity index (χ3v) is 5.09. The molecule has 1 heterocycles. The number of halogens is 2. The molecule has 2 aromatic rings. The molecule has 2 N–H and O–H groups in total. The first kappa shape index (κ1) is 12.3. The Kier molecular flexibility index (Phi) is 3.22. The van der Waals surface area contributed by atoms with Gasteiger partial charge >= 0.3 is 0 Å². The molecule has 0 spiro atoms. The number of aryl methyl sites for hydroxylation is 1. The van der Waals surface area contributed by atoms with Crippen LogP contribution >= 0.6 is 34.5 Å². The second-order valence-corrected chi connectivity index (χ2v) is 6.36. The molecule has 0 fully saturated rings. The summed E-state index contributed by atoms with van der Waals surface area (Å²) in [6.07, 6.45) is 3.29. The van der Waals surface area contributed by atoms with Gasteiger partial charge in [-0.1, -0.05) is 29.3 Å². The molecule has 0 amide bonds. The van der Waals surface area contributed by atoms with Crippen LogP contribution in [-0.2, 0) is 6.42 Å². The standard InChI is InChI=1S/C13H12Cl2N2S/c14-9-5-4-7(6-10(9)15)8-2-1-3-11-12(8)18-13(16)17-11/h4-6,8H,1-3H2,(H2,16,17). The molecule has 1 aromatic heterocycles. The van der Waals surface area contributed by atoms with Crippen molar-refractivity contribution in [3.8, 4) is 0 Å². The minimum absolute atomic E-state index is 0.360. The Bertz CT molecular complexity index is 595. The van der Waals surface area contributed by atoms with Gasteiger partial charge in [0.2, 0.25) is 0 Å². The van der Waals surface area contributed by atoms with Crippen LogP contribution in [0.3, 0.4) is 0 Å². The third-order valence-electron chi connectivity index (χ3n) is 3.31. The lowest BCUT2D eigenvalue weighted by Crippen LogP contribution is -2.09. The van der Waals surface area contributed by atoms with Gasteiger partial charge in [0.25, 0.3) is 0 Å². The van der Waals surface area contributed by atoms with Crippen molar-refractivity contribution < 1.29 is 0 Å². The maximum absolute atomic E-state index is 6.10. The highest BCUT2D eigenvalue weighted by Gasteiger charge is 2.25. The molecule has 0 radical (unpaired) electrons. The van der Waals surface area contributed by atoms with E-state index >= 15 is 0 Å². The fourth-order valence-electron chi connectivity index (χ4n) is 2.49. The van der Waals surface area contributed by atoms with Gasteiger partial charge in [0.05, 0.1) is 15.7 Å². The summed E-state index contributed by atoms with van der Waals surface area (Å²) in [5, 5.41) is 1.87. The minimum atomic E-state index is 0.360. The molecule has 1 aliphatic rings. The Morgan fingerprint density at radius 1 is 1.28 bits per heavy atom. The largest absolute Gasteiger partial charge is 0.375 e. The Morgan fingerprint density at radius 3 is 2.89 bits per heavy atom. The summed E-state index contributed by atoms with van der Waals surface area (Å²) in [7, 11) is 0. The number of aromatic nitrogens is 1. The first-order valence-electron chi connectivity index (χ1n) is 5.85. The van der Waals surface area contributed by atoms with E-state index in [2.05, 4.69) is 4.98 Å². The molecule has 1 aromatic carbocycles. The van der Waals surface area contributed by atoms with Crippen molar-refractivity contribution in [1.29, 1.82) is 0 Å². The van der Waals surface area contributed by atoms with E-state index in [0.29, 0.717) is 21.1 Å². The van der Waals surface area contributed by atoms with Crippen LogP contribution in [0.2, 0.25) is 10.0 Å². The summed E-state index contributed by atoms with van der Waals surface area (Å²) in [6, 6.07) is 5.86. The summed E-state index contributed by atoms with van der Waals surface area (Å²) in [6.45, 7) is 0. The topological polar surface area (TPSA) is 38.9 Å². The lowest BCUT2D eigenvalue weighted by Gasteiger charge is -2.21. The number of thiazole rings is 1. The zero-order valence-electron chi connectivity index (χ0n) is 9.62. The number of nitrogens with two attached hydrogens (primary N) is 1. The highest BCUT2D eigenvalue weighted by atomic mass is 35.5. The van der Waals surface area contributed by atoms with Crippen LogP contribution in [0.25, 0.3) is 0 Å². The predicted molar refractivity (Wildman–Crippen MR) is 77.8 cm³/mol. The van der Waals surface area contributed by atoms with Gasteiger partial charge in [-0.05, 0) is 37.0 Å². The van der Waals surface area contributed by atoms with E-state index in [1.807, 2.05) is 18.2 Å². The van der Waals surface area contributed by atoms with Gasteiger partial charge in [0.15, 0.2) is 5.13 Å². The number of nitrogen functional groups attached to an aromatic ring is 1. The van der Waals surface area contributed by atoms with Crippen LogP contribution in [0.5, 0.6) is 0 Å². The minimum Gasteiger partial charge on any atom is -0.375 e. The van der Waals surface area contributed by atoms with E-state index in [-0.39, 0.29) is 0 Å². The average molecular weight is 299 g/mol. The maximum atomic E-state index is 6.10. The number of anilines is 1. The van der Waals surface area contributed by atoms with Gasteiger partial charge < -0.3 is 5.73 Å². The second kappa shape index (κ2) is 4.72. The number of nitrogens with zero attached hydrogens (tertiary/aromatic N) is 1. The molecule has 1 unspecified atom stereocenters. The van der Waals surface area contributed by atoms with E-state index in [1.54, 1.807) is 11.3 Å². The first-order valence-corrected chi connectivity index (χ1v) is 7.42. The molecule has 5 heteroatoms. The molecule has 1 atom stereocenters. The SMILES string of the molecule is Nc1nc2c(s1)C(c1ccc(Cl)c(Cl)c1)CCC2. The van der Waals surface area contributed by atoms with Crippen molar-refractivity contribution in [2.75, 3.05) is 5.73 Å². The Labute approximate surface area is 120 Å². The van der Waals surface area contributed by atoms with Crippen LogP contribution in [0.15, 0.2) is 18.2 Å². The van der Waals surface area contributed by atoms with E-state index < -0.39 is 0 Å². The van der Waals surface area contributed by atoms with Crippen LogP contribution < -0.4 is 5.73 Å². The number of rotatable bonds is 1. The van der Waals surface area contributed by atoms with Crippen molar-refractivity contribution in [2.45, 2.75) is 25.2 Å². The molecule has 3 rings (SSSR count). The summed E-state index contributed by atoms with van der Waals surface area (Å²) in [5.41, 5.74) is 8.17. The normalized spacial score (nSPS) is 18.7. The molecule has 2 nitrogen and oxygen atoms in total. The van der Waals surface area contributed by atoms with E-state index in [4.69, 9.17) is 28.9 Å². The van der Waals surface area contributed by atoms with Crippen LogP contribution in [0, 0.1) is 0 Å². The van der Waals surface area contributed by atoms with Crippen LogP contribution in [-0.4, -0.2) is 4.98 Å². The monoisotopic (exact) mass is 298 g/mol. The lowest BCUT2D eigenvalue weighted by atomic mass is 9.86. The Balaban J connectivity index is 2.05. The van der Waals surface area contributed by atoms with Gasteiger partial charge in [-0.25, -0.2) is 4.98 Å². The molecule has 0 saturated carbocycles. The molecular weight excluding hydrogens is 287 g/mol. The van der Waals surface area contributed by atoms with E-state index in [1.165, 1.54) is 10.4 Å². The Morgan fingerprint density at radius 2 is 2.11 bits per heavy atom. The molecule has 0 aliphatic heterocycles. The fraction of sp³-hybridized carbons (Fsp3) is 0.308. The van der Waals surface area contributed by atoms with Gasteiger partial charge in [0.1, 0.15) is 0 Å². The molecule has 94 valence electrons. The van der Waals surface area contributed by atoms with Crippen molar-refractivity contribution in [3.63, 3.8) is 0 Å². The predicted octanol–water partition coefficient (Wildman–Crippen LogP) is 4.50. The number of hydrogen-bond donors (Lipinski definition) is 1. The zero-order valence-corrected chi connectivity index (χ0v) is 11.9. The van der Waals surface area contributed by atoms with Crippen molar-refractivity contribution in [1.82, 2.24) is 4.98 Å². The zero-order chi connectivity index (χ0) is 12.7. The Hall–Kier alpha value is -0.770. The summed E-state index contributed by atoms with van der Waals surface area (Å²) in [4.78, 5) is 5.69. The number of fused-ring (bicyclic) bond motifs is 1. The van der Waals surface area contributed by atoms with E-state index in [9.17, 15) is 0 Å². The number of hydrogen-bond acceptors (Lipinski definition) is 3. The fourth-order valence-corrected chi connectivity index (χ4v) is 3.84. The van der Waals surface area contributed by atoms with E-state index in [0.717, 1.165) is 25.0 Å². The van der Waals surface area contributed by atoms with Gasteiger partial charge in [-0.15, -0.1) is 11.3 Å². The molecule has 0 saturated heterocycles. The summed E-state index contributed by atoms with van der Waals surface area (Å²) >= 11 is 13.7. The van der Waals surface area contributed by atoms with Crippen molar-refractivity contribution in [2.24, 2.45) is 0 Å². The lowest BCUT2D eigenvalue weighted by molar-refractivity contribution is 0.617. The second-order valence-electron chi connectivity index (χ2n) is 4.48. The quantitative estimate of drug-likeness (QED) is 0.842. The van der Waals surface area contributed by atoms with Gasteiger partial charge in [-0.3, -0.25) is 0 Å². The molecule has 1 aliphatic carbocycles. The average Bonchev–Trinajstić information content (AvgIpc) is 2.72. The molecule has 18 heavy (non-hydrogen) atoms. The van der Waals surface area contributed by atoms with Crippen molar-refractivity contribution in [3.05, 3.63) is 44.4 Å². The third kappa shape index (κ3) is 2.11. The van der Waals surface area contributed by atoms with Crippen LogP contribution in [0.1, 0.15) is 34.9 Å². The van der Waals surface area contributed by atoms with Crippen LogP contribution in [0.4, 0.5) is 5.13 Å². The number of benzene rings is 1. The molecular formula is C13H12Cl2N2S. The summed E-state index contributed by atoms with van der Waals surface area (Å²) < 4.78 is 0. The van der Waals surface area contributed by atoms with Gasteiger partial charge in [0, 0.05) is 10.8 Å². The highest BCUT2D eigenvalue weighted by molar-refractivity contribution is 7.15. The van der Waals surface area contributed by atoms with Gasteiger partial charge in [-0.2, -0.15) is 0 Å². The smallest absolute Gasteiger partial charge is 0.180 e. The highest BCUT2D eigenvalue weighted by Crippen LogP contribution is 2.41. The first-order chi connectivity index (χ1) is 8.65. The maximum Gasteiger partial charge on any atom is 0.180 e.